The van der Waals surface area contributed by atoms with Gasteiger partial charge in [-0.3, -0.25) is 4.79 Å². The summed E-state index contributed by atoms with van der Waals surface area (Å²) in [5.41, 5.74) is 0.0922. The number of aromatic nitrogens is 2. The van der Waals surface area contributed by atoms with Crippen molar-refractivity contribution >= 4 is 34.8 Å². The molecule has 1 amide bonds. The Bertz CT molecular complexity index is 899. The van der Waals surface area contributed by atoms with Crippen LogP contribution in [0.2, 0.25) is 5.02 Å². The first kappa shape index (κ1) is 16.8. The zero-order chi connectivity index (χ0) is 17.8. The molecule has 25 heavy (non-hydrogen) atoms. The van der Waals surface area contributed by atoms with Gasteiger partial charge in [-0.25, -0.2) is 18.7 Å². The summed E-state index contributed by atoms with van der Waals surface area (Å²) in [6.07, 6.45) is 1.36. The lowest BCUT2D eigenvalue weighted by Crippen LogP contribution is -2.16. The molecule has 2 N–H and O–H groups in total. The molecule has 0 aliphatic carbocycles. The highest BCUT2D eigenvalue weighted by molar-refractivity contribution is 6.30. The second-order valence-corrected chi connectivity index (χ2v) is 5.38. The van der Waals surface area contributed by atoms with Crippen molar-refractivity contribution in [3.8, 4) is 0 Å². The molecule has 0 bridgehead atoms. The molecule has 3 rings (SSSR count). The molecule has 1 heterocycles. The summed E-state index contributed by atoms with van der Waals surface area (Å²) in [4.78, 5) is 20.2. The number of hydrogen-bond donors (Lipinski definition) is 2. The van der Waals surface area contributed by atoms with Crippen LogP contribution in [0, 0.1) is 11.6 Å². The molecular weight excluding hydrogens is 350 g/mol. The van der Waals surface area contributed by atoms with Crippen molar-refractivity contribution in [1.29, 1.82) is 0 Å². The molecule has 0 aliphatic heterocycles. The maximum absolute atomic E-state index is 13.6. The summed E-state index contributed by atoms with van der Waals surface area (Å²) in [7, 11) is 0. The van der Waals surface area contributed by atoms with Crippen LogP contribution in [0.4, 0.5) is 26.1 Å². The van der Waals surface area contributed by atoms with Gasteiger partial charge in [-0.1, -0.05) is 17.7 Å². The first-order chi connectivity index (χ1) is 12.0. The summed E-state index contributed by atoms with van der Waals surface area (Å²) in [6, 6.07) is 11.4. The minimum absolute atomic E-state index is 0.0471. The molecule has 0 saturated heterocycles. The Hall–Kier alpha value is -3.06. The second kappa shape index (κ2) is 7.23. The molecular formula is C17H11ClF2N4O. The average molecular weight is 361 g/mol. The third-order valence-electron chi connectivity index (χ3n) is 3.19. The predicted molar refractivity (Wildman–Crippen MR) is 91.1 cm³/mol. The van der Waals surface area contributed by atoms with E-state index in [9.17, 15) is 13.6 Å². The molecule has 0 saturated carbocycles. The fourth-order valence-corrected chi connectivity index (χ4v) is 2.13. The number of para-hydroxylation sites is 1. The standard InChI is InChI=1S/C17H11ClF2N4O/c18-10-4-6-11(7-5-10)22-17-21-9-8-14(23-17)16(25)24-15-12(19)2-1-3-13(15)20/h1-9H,(H,24,25)(H,21,22,23). The molecule has 0 unspecified atom stereocenters. The second-order valence-electron chi connectivity index (χ2n) is 4.95. The smallest absolute Gasteiger partial charge is 0.274 e. The van der Waals surface area contributed by atoms with E-state index < -0.39 is 23.2 Å². The molecule has 0 spiro atoms. The maximum Gasteiger partial charge on any atom is 0.274 e. The van der Waals surface area contributed by atoms with E-state index >= 15 is 0 Å². The van der Waals surface area contributed by atoms with E-state index in [1.54, 1.807) is 24.3 Å². The summed E-state index contributed by atoms with van der Waals surface area (Å²) < 4.78 is 27.2. The minimum atomic E-state index is -0.873. The van der Waals surface area contributed by atoms with Crippen molar-refractivity contribution < 1.29 is 13.6 Å². The van der Waals surface area contributed by atoms with Crippen LogP contribution in [0.1, 0.15) is 10.5 Å². The molecule has 0 atom stereocenters. The van der Waals surface area contributed by atoms with Crippen LogP contribution in [0.5, 0.6) is 0 Å². The Balaban J connectivity index is 1.78. The highest BCUT2D eigenvalue weighted by atomic mass is 35.5. The summed E-state index contributed by atoms with van der Waals surface area (Å²) in [5, 5.41) is 5.65. The number of carbonyl (C=O) groups is 1. The van der Waals surface area contributed by atoms with E-state index in [1.807, 2.05) is 0 Å². The van der Waals surface area contributed by atoms with Gasteiger partial charge in [0.05, 0.1) is 0 Å². The Morgan fingerprint density at radius 3 is 2.36 bits per heavy atom. The number of benzene rings is 2. The zero-order valence-electron chi connectivity index (χ0n) is 12.6. The fourth-order valence-electron chi connectivity index (χ4n) is 2.00. The van der Waals surface area contributed by atoms with Crippen molar-refractivity contribution in [3.05, 3.63) is 77.1 Å². The molecule has 3 aromatic rings. The molecule has 126 valence electrons. The number of rotatable bonds is 4. The van der Waals surface area contributed by atoms with E-state index in [-0.39, 0.29) is 11.6 Å². The largest absolute Gasteiger partial charge is 0.324 e. The summed E-state index contributed by atoms with van der Waals surface area (Å²) >= 11 is 5.81. The molecule has 0 radical (unpaired) electrons. The van der Waals surface area contributed by atoms with Gasteiger partial charge in [-0.2, -0.15) is 0 Å². The molecule has 1 aromatic heterocycles. The van der Waals surface area contributed by atoms with Crippen molar-refractivity contribution in [2.75, 3.05) is 10.6 Å². The predicted octanol–water partition coefficient (Wildman–Crippen LogP) is 4.40. The lowest BCUT2D eigenvalue weighted by Gasteiger charge is -2.08. The van der Waals surface area contributed by atoms with Gasteiger partial charge in [0.2, 0.25) is 5.95 Å². The fraction of sp³-hybridized carbons (Fsp3) is 0. The van der Waals surface area contributed by atoms with Crippen LogP contribution < -0.4 is 10.6 Å². The molecule has 0 fully saturated rings. The highest BCUT2D eigenvalue weighted by Crippen LogP contribution is 2.19. The molecule has 5 nitrogen and oxygen atoms in total. The van der Waals surface area contributed by atoms with E-state index in [2.05, 4.69) is 20.6 Å². The van der Waals surface area contributed by atoms with Gasteiger partial charge in [-0.15, -0.1) is 0 Å². The third-order valence-corrected chi connectivity index (χ3v) is 3.44. The Kier molecular flexibility index (Phi) is 4.85. The number of nitrogens with zero attached hydrogens (tertiary/aromatic N) is 2. The van der Waals surface area contributed by atoms with Crippen LogP contribution in [0.15, 0.2) is 54.7 Å². The Morgan fingerprint density at radius 2 is 1.68 bits per heavy atom. The number of hydrogen-bond acceptors (Lipinski definition) is 4. The normalized spacial score (nSPS) is 10.4. The quantitative estimate of drug-likeness (QED) is 0.723. The monoisotopic (exact) mass is 360 g/mol. The number of amides is 1. The van der Waals surface area contributed by atoms with Crippen molar-refractivity contribution in [2.45, 2.75) is 0 Å². The van der Waals surface area contributed by atoms with E-state index in [0.717, 1.165) is 12.1 Å². The number of anilines is 3. The van der Waals surface area contributed by atoms with Crippen LogP contribution in [-0.4, -0.2) is 15.9 Å². The van der Waals surface area contributed by atoms with Gasteiger partial charge >= 0.3 is 0 Å². The maximum atomic E-state index is 13.6. The highest BCUT2D eigenvalue weighted by Gasteiger charge is 2.15. The van der Waals surface area contributed by atoms with E-state index in [4.69, 9.17) is 11.6 Å². The van der Waals surface area contributed by atoms with Crippen LogP contribution in [-0.2, 0) is 0 Å². The van der Waals surface area contributed by atoms with Crippen LogP contribution >= 0.6 is 11.6 Å². The zero-order valence-corrected chi connectivity index (χ0v) is 13.4. The Labute approximate surface area is 146 Å². The van der Waals surface area contributed by atoms with Gasteiger partial charge in [0.15, 0.2) is 0 Å². The average Bonchev–Trinajstić information content (AvgIpc) is 2.60. The molecule has 8 heteroatoms. The number of carbonyl (C=O) groups excluding carboxylic acids is 1. The summed E-state index contributed by atoms with van der Waals surface area (Å²) in [6.45, 7) is 0. The van der Waals surface area contributed by atoms with Crippen molar-refractivity contribution in [2.24, 2.45) is 0 Å². The first-order valence-electron chi connectivity index (χ1n) is 7.14. The van der Waals surface area contributed by atoms with E-state index in [1.165, 1.54) is 18.3 Å². The van der Waals surface area contributed by atoms with Crippen molar-refractivity contribution in [1.82, 2.24) is 9.97 Å². The SMILES string of the molecule is O=C(Nc1c(F)cccc1F)c1ccnc(Nc2ccc(Cl)cc2)n1. The van der Waals surface area contributed by atoms with Gasteiger partial charge in [-0.05, 0) is 42.5 Å². The van der Waals surface area contributed by atoms with Gasteiger partial charge < -0.3 is 10.6 Å². The van der Waals surface area contributed by atoms with Gasteiger partial charge in [0, 0.05) is 16.9 Å². The topological polar surface area (TPSA) is 66.9 Å². The third kappa shape index (κ3) is 4.07. The van der Waals surface area contributed by atoms with Gasteiger partial charge in [0.1, 0.15) is 23.0 Å². The minimum Gasteiger partial charge on any atom is -0.324 e. The lowest BCUT2D eigenvalue weighted by molar-refractivity contribution is 0.102. The molecule has 2 aromatic carbocycles. The van der Waals surface area contributed by atoms with Crippen molar-refractivity contribution in [3.63, 3.8) is 0 Å². The first-order valence-corrected chi connectivity index (χ1v) is 7.52. The summed E-state index contributed by atoms with van der Waals surface area (Å²) in [5.74, 6) is -2.35. The van der Waals surface area contributed by atoms with Gasteiger partial charge in [0.25, 0.3) is 5.91 Å². The molecule has 0 aliphatic rings. The lowest BCUT2D eigenvalue weighted by atomic mass is 10.2. The van der Waals surface area contributed by atoms with Crippen LogP contribution in [0.3, 0.4) is 0 Å². The number of nitrogens with one attached hydrogen (secondary N) is 2. The van der Waals surface area contributed by atoms with E-state index in [0.29, 0.717) is 10.7 Å². The Morgan fingerprint density at radius 1 is 1.00 bits per heavy atom. The number of halogens is 3. The van der Waals surface area contributed by atoms with Crippen LogP contribution in [0.25, 0.3) is 0 Å².